The maximum absolute atomic E-state index is 2.37. The number of hydrogen-bond acceptors (Lipinski definition) is 0. The molecule has 0 aromatic heterocycles. The monoisotopic (exact) mass is 230 g/mol. The van der Waals surface area contributed by atoms with Gasteiger partial charge in [0, 0.05) is 0 Å². The molecule has 17 heavy (non-hydrogen) atoms. The molecular formula is C17H26. The number of allylic oxidation sites excluding steroid dienone is 2. The lowest BCUT2D eigenvalue weighted by atomic mass is 9.88. The summed E-state index contributed by atoms with van der Waals surface area (Å²) in [5.74, 6) is 1.66. The minimum atomic E-state index is 0.802. The third kappa shape index (κ3) is 5.72. The maximum Gasteiger partial charge on any atom is -0.00975 e. The van der Waals surface area contributed by atoms with Gasteiger partial charge in [0.1, 0.15) is 0 Å². The molecule has 0 spiro atoms. The van der Waals surface area contributed by atoms with E-state index in [1.54, 1.807) is 0 Å². The fourth-order valence-electron chi connectivity index (χ4n) is 2.20. The predicted octanol–water partition coefficient (Wildman–Crippen LogP) is 5.25. The Kier molecular flexibility index (Phi) is 6.69. The van der Waals surface area contributed by atoms with Crippen molar-refractivity contribution in [1.29, 1.82) is 0 Å². The van der Waals surface area contributed by atoms with Crippen LogP contribution in [0, 0.1) is 11.8 Å². The van der Waals surface area contributed by atoms with Crippen LogP contribution in [-0.2, 0) is 6.42 Å². The zero-order chi connectivity index (χ0) is 12.5. The van der Waals surface area contributed by atoms with Crippen molar-refractivity contribution < 1.29 is 0 Å². The van der Waals surface area contributed by atoms with Gasteiger partial charge in [-0.1, -0.05) is 76.1 Å². The minimum Gasteiger partial charge on any atom is -0.0879 e. The molecule has 0 saturated carbocycles. The van der Waals surface area contributed by atoms with Gasteiger partial charge in [-0.05, 0) is 30.2 Å². The van der Waals surface area contributed by atoms with E-state index in [9.17, 15) is 0 Å². The van der Waals surface area contributed by atoms with Crippen LogP contribution in [0.5, 0.6) is 0 Å². The van der Waals surface area contributed by atoms with Crippen molar-refractivity contribution >= 4 is 0 Å². The van der Waals surface area contributed by atoms with Crippen molar-refractivity contribution in [3.8, 4) is 0 Å². The second-order valence-corrected chi connectivity index (χ2v) is 5.19. The van der Waals surface area contributed by atoms with Gasteiger partial charge in [0.05, 0.1) is 0 Å². The van der Waals surface area contributed by atoms with Gasteiger partial charge < -0.3 is 0 Å². The summed E-state index contributed by atoms with van der Waals surface area (Å²) < 4.78 is 0. The molecule has 1 atom stereocenters. The van der Waals surface area contributed by atoms with Gasteiger partial charge in [0.2, 0.25) is 0 Å². The summed E-state index contributed by atoms with van der Waals surface area (Å²) in [6.45, 7) is 6.96. The van der Waals surface area contributed by atoms with Crippen LogP contribution in [0.4, 0.5) is 0 Å². The van der Waals surface area contributed by atoms with Gasteiger partial charge in [-0.3, -0.25) is 0 Å². The van der Waals surface area contributed by atoms with Gasteiger partial charge in [0.25, 0.3) is 0 Å². The van der Waals surface area contributed by atoms with Gasteiger partial charge in [-0.25, -0.2) is 0 Å². The van der Waals surface area contributed by atoms with Crippen LogP contribution in [0.1, 0.15) is 45.6 Å². The molecule has 0 aliphatic rings. The van der Waals surface area contributed by atoms with Gasteiger partial charge in [-0.2, -0.15) is 0 Å². The molecule has 1 aromatic rings. The Morgan fingerprint density at radius 3 is 2.35 bits per heavy atom. The van der Waals surface area contributed by atoms with Crippen molar-refractivity contribution in [2.24, 2.45) is 11.8 Å². The zero-order valence-electron chi connectivity index (χ0n) is 11.5. The van der Waals surface area contributed by atoms with E-state index in [4.69, 9.17) is 0 Å². The maximum atomic E-state index is 2.37. The smallest absolute Gasteiger partial charge is 0.00975 e. The molecule has 0 unspecified atom stereocenters. The van der Waals surface area contributed by atoms with Gasteiger partial charge in [0.15, 0.2) is 0 Å². The SMILES string of the molecule is CCC[C@H](C/C=C\Cc1ccccc1)C(C)C. The first-order valence-corrected chi connectivity index (χ1v) is 6.93. The summed E-state index contributed by atoms with van der Waals surface area (Å²) in [6, 6.07) is 10.7. The third-order valence-electron chi connectivity index (χ3n) is 3.40. The Hall–Kier alpha value is -1.04. The van der Waals surface area contributed by atoms with Crippen molar-refractivity contribution in [1.82, 2.24) is 0 Å². The van der Waals surface area contributed by atoms with Crippen LogP contribution >= 0.6 is 0 Å². The zero-order valence-corrected chi connectivity index (χ0v) is 11.5. The van der Waals surface area contributed by atoms with Crippen molar-refractivity contribution in [2.45, 2.75) is 46.5 Å². The number of hydrogen-bond donors (Lipinski definition) is 0. The van der Waals surface area contributed by atoms with Crippen LogP contribution in [-0.4, -0.2) is 0 Å². The van der Waals surface area contributed by atoms with Crippen molar-refractivity contribution in [3.05, 3.63) is 48.0 Å². The van der Waals surface area contributed by atoms with E-state index in [2.05, 4.69) is 63.3 Å². The fourth-order valence-corrected chi connectivity index (χ4v) is 2.20. The average molecular weight is 230 g/mol. The highest BCUT2D eigenvalue weighted by Crippen LogP contribution is 2.21. The Balaban J connectivity index is 2.34. The van der Waals surface area contributed by atoms with E-state index in [0.717, 1.165) is 18.3 Å². The molecule has 0 aliphatic heterocycles. The molecule has 0 aliphatic carbocycles. The number of benzene rings is 1. The van der Waals surface area contributed by atoms with Crippen LogP contribution in [0.3, 0.4) is 0 Å². The fraction of sp³-hybridized carbons (Fsp3) is 0.529. The van der Waals surface area contributed by atoms with E-state index in [1.165, 1.54) is 24.8 Å². The largest absolute Gasteiger partial charge is 0.0879 e. The highest BCUT2D eigenvalue weighted by molar-refractivity contribution is 5.17. The molecule has 0 heterocycles. The van der Waals surface area contributed by atoms with Crippen molar-refractivity contribution in [3.63, 3.8) is 0 Å². The van der Waals surface area contributed by atoms with Gasteiger partial charge in [-0.15, -0.1) is 0 Å². The predicted molar refractivity (Wildman–Crippen MR) is 77.1 cm³/mol. The lowest BCUT2D eigenvalue weighted by Crippen LogP contribution is -2.06. The lowest BCUT2D eigenvalue weighted by molar-refractivity contribution is 0.359. The Morgan fingerprint density at radius 1 is 1.06 bits per heavy atom. The van der Waals surface area contributed by atoms with Gasteiger partial charge >= 0.3 is 0 Å². The van der Waals surface area contributed by atoms with Crippen molar-refractivity contribution in [2.75, 3.05) is 0 Å². The highest BCUT2D eigenvalue weighted by atomic mass is 14.1. The van der Waals surface area contributed by atoms with Crippen LogP contribution < -0.4 is 0 Å². The summed E-state index contributed by atoms with van der Waals surface area (Å²) >= 11 is 0. The molecule has 0 radical (unpaired) electrons. The normalized spacial score (nSPS) is 13.4. The summed E-state index contributed by atoms with van der Waals surface area (Å²) in [5.41, 5.74) is 1.40. The van der Waals surface area contributed by atoms with Crippen LogP contribution in [0.25, 0.3) is 0 Å². The van der Waals surface area contributed by atoms with Crippen LogP contribution in [0.15, 0.2) is 42.5 Å². The van der Waals surface area contributed by atoms with E-state index in [1.807, 2.05) is 0 Å². The first-order chi connectivity index (χ1) is 8.24. The second-order valence-electron chi connectivity index (χ2n) is 5.19. The molecule has 0 N–H and O–H groups in total. The number of rotatable bonds is 7. The summed E-state index contributed by atoms with van der Waals surface area (Å²) in [6.07, 6.45) is 9.65. The third-order valence-corrected chi connectivity index (χ3v) is 3.40. The Morgan fingerprint density at radius 2 is 1.76 bits per heavy atom. The molecule has 0 heteroatoms. The molecular weight excluding hydrogens is 204 g/mol. The first kappa shape index (κ1) is 14.0. The van der Waals surface area contributed by atoms with E-state index >= 15 is 0 Å². The highest BCUT2D eigenvalue weighted by Gasteiger charge is 2.09. The second kappa shape index (κ2) is 8.11. The standard InChI is InChI=1S/C17H26/c1-4-10-17(15(2)3)14-9-8-13-16-11-6-5-7-12-16/h5-9,11-12,15,17H,4,10,13-14H2,1-3H3/b9-8-/t17-/m1/s1. The molecule has 1 aromatic carbocycles. The Labute approximate surface area is 107 Å². The molecule has 94 valence electrons. The molecule has 0 saturated heterocycles. The molecule has 0 nitrogen and oxygen atoms in total. The lowest BCUT2D eigenvalue weighted by Gasteiger charge is -2.18. The van der Waals surface area contributed by atoms with E-state index in [-0.39, 0.29) is 0 Å². The summed E-state index contributed by atoms with van der Waals surface area (Å²) in [5, 5.41) is 0. The quantitative estimate of drug-likeness (QED) is 0.561. The first-order valence-electron chi connectivity index (χ1n) is 6.93. The van der Waals surface area contributed by atoms with Crippen LogP contribution in [0.2, 0.25) is 0 Å². The molecule has 0 fully saturated rings. The minimum absolute atomic E-state index is 0.802. The topological polar surface area (TPSA) is 0 Å². The van der Waals surface area contributed by atoms with E-state index < -0.39 is 0 Å². The molecule has 1 rings (SSSR count). The molecule has 0 bridgehead atoms. The summed E-state index contributed by atoms with van der Waals surface area (Å²) in [7, 11) is 0. The summed E-state index contributed by atoms with van der Waals surface area (Å²) in [4.78, 5) is 0. The Bertz CT molecular complexity index is 308. The molecule has 0 amide bonds. The van der Waals surface area contributed by atoms with E-state index in [0.29, 0.717) is 0 Å². The average Bonchev–Trinajstić information content (AvgIpc) is 2.34.